The number of hydrogen-bond acceptors (Lipinski definition) is 4. The summed E-state index contributed by atoms with van der Waals surface area (Å²) < 4.78 is 0. The van der Waals surface area contributed by atoms with Gasteiger partial charge in [0.05, 0.1) is 17.7 Å². The molecule has 0 bridgehead atoms. The Bertz CT molecular complexity index is 452. The van der Waals surface area contributed by atoms with Crippen LogP contribution >= 0.6 is 0 Å². The van der Waals surface area contributed by atoms with E-state index in [1.807, 2.05) is 0 Å². The number of benzene rings is 1. The number of hydrogen-bond donors (Lipinski definition) is 4. The summed E-state index contributed by atoms with van der Waals surface area (Å²) in [5.74, 6) is -0.738. The maximum atomic E-state index is 12.0. The van der Waals surface area contributed by atoms with Crippen molar-refractivity contribution in [2.24, 2.45) is 0 Å². The third-order valence-corrected chi connectivity index (χ3v) is 3.47. The molecule has 1 aliphatic rings. The summed E-state index contributed by atoms with van der Waals surface area (Å²) in [6, 6.07) is 3.79. The van der Waals surface area contributed by atoms with Crippen LogP contribution in [0.4, 0.5) is 0 Å². The maximum Gasteiger partial charge on any atom is 0.255 e. The fourth-order valence-corrected chi connectivity index (χ4v) is 2.39. The van der Waals surface area contributed by atoms with Gasteiger partial charge in [0.25, 0.3) is 5.91 Å². The maximum absolute atomic E-state index is 12.0. The summed E-state index contributed by atoms with van der Waals surface area (Å²) in [5.41, 5.74) is -0.565. The molecule has 0 radical (unpaired) electrons. The molecule has 4 N–H and O–H groups in total. The first kappa shape index (κ1) is 12.7. The lowest BCUT2D eigenvalue weighted by atomic mass is 9.98. The summed E-state index contributed by atoms with van der Waals surface area (Å²) >= 11 is 0. The minimum absolute atomic E-state index is 0.0229. The van der Waals surface area contributed by atoms with Crippen LogP contribution < -0.4 is 5.32 Å². The van der Waals surface area contributed by atoms with Crippen molar-refractivity contribution in [3.63, 3.8) is 0 Å². The van der Waals surface area contributed by atoms with Crippen molar-refractivity contribution in [2.75, 3.05) is 6.61 Å². The monoisotopic (exact) mass is 251 g/mol. The van der Waals surface area contributed by atoms with Crippen LogP contribution in [0.15, 0.2) is 18.2 Å². The third kappa shape index (κ3) is 2.41. The second kappa shape index (κ2) is 4.86. The van der Waals surface area contributed by atoms with Gasteiger partial charge in [-0.15, -0.1) is 0 Å². The Hall–Kier alpha value is -1.75. The van der Waals surface area contributed by atoms with Crippen LogP contribution in [0.25, 0.3) is 0 Å². The molecule has 98 valence electrons. The van der Waals surface area contributed by atoms with Gasteiger partial charge in [0.15, 0.2) is 0 Å². The fourth-order valence-electron chi connectivity index (χ4n) is 2.39. The number of nitrogens with one attached hydrogen (secondary N) is 1. The molecule has 0 aliphatic heterocycles. The number of aliphatic hydroxyl groups is 1. The number of phenols is 2. The van der Waals surface area contributed by atoms with Crippen LogP contribution in [-0.4, -0.2) is 33.4 Å². The summed E-state index contributed by atoms with van der Waals surface area (Å²) in [5, 5.41) is 31.1. The smallest absolute Gasteiger partial charge is 0.255 e. The molecule has 0 atom stereocenters. The Kier molecular flexibility index (Phi) is 3.43. The molecule has 0 saturated heterocycles. The first-order valence-corrected chi connectivity index (χ1v) is 6.02. The average molecular weight is 251 g/mol. The Balaban J connectivity index is 2.18. The van der Waals surface area contributed by atoms with Gasteiger partial charge in [-0.25, -0.2) is 0 Å². The average Bonchev–Trinajstić information content (AvgIpc) is 2.81. The van der Waals surface area contributed by atoms with E-state index in [0.29, 0.717) is 0 Å². The lowest BCUT2D eigenvalue weighted by molar-refractivity contribution is 0.0835. The Morgan fingerprint density at radius 1 is 1.28 bits per heavy atom. The minimum Gasteiger partial charge on any atom is -0.508 e. The highest BCUT2D eigenvalue weighted by Crippen LogP contribution is 2.30. The van der Waals surface area contributed by atoms with Crippen LogP contribution in [-0.2, 0) is 0 Å². The molecule has 18 heavy (non-hydrogen) atoms. The highest BCUT2D eigenvalue weighted by molar-refractivity contribution is 5.97. The van der Waals surface area contributed by atoms with Crippen LogP contribution in [0.2, 0.25) is 0 Å². The molecule has 1 fully saturated rings. The molecule has 5 nitrogen and oxygen atoms in total. The van der Waals surface area contributed by atoms with Crippen molar-refractivity contribution < 1.29 is 20.1 Å². The van der Waals surface area contributed by atoms with Crippen LogP contribution in [0.3, 0.4) is 0 Å². The van der Waals surface area contributed by atoms with Crippen molar-refractivity contribution in [3.05, 3.63) is 23.8 Å². The van der Waals surface area contributed by atoms with E-state index in [2.05, 4.69) is 5.32 Å². The Morgan fingerprint density at radius 3 is 2.56 bits per heavy atom. The minimum atomic E-state index is -0.588. The fraction of sp³-hybridized carbons (Fsp3) is 0.462. The lowest BCUT2D eigenvalue weighted by Crippen LogP contribution is -2.49. The van der Waals surface area contributed by atoms with Crippen LogP contribution in [0.1, 0.15) is 36.0 Å². The zero-order valence-electron chi connectivity index (χ0n) is 10.0. The first-order valence-electron chi connectivity index (χ1n) is 6.02. The van der Waals surface area contributed by atoms with Gasteiger partial charge in [-0.3, -0.25) is 4.79 Å². The van der Waals surface area contributed by atoms with E-state index in [1.54, 1.807) is 0 Å². The van der Waals surface area contributed by atoms with Gasteiger partial charge in [0, 0.05) is 0 Å². The van der Waals surface area contributed by atoms with Gasteiger partial charge in [-0.1, -0.05) is 12.8 Å². The zero-order chi connectivity index (χ0) is 13.2. The second-order valence-corrected chi connectivity index (χ2v) is 4.80. The topological polar surface area (TPSA) is 89.8 Å². The van der Waals surface area contributed by atoms with Crippen molar-refractivity contribution >= 4 is 5.91 Å². The SMILES string of the molecule is O=C(NC1(CO)CCCC1)c1cc(O)ccc1O. The van der Waals surface area contributed by atoms with Gasteiger partial charge in [0.2, 0.25) is 0 Å². The van der Waals surface area contributed by atoms with Crippen LogP contribution in [0.5, 0.6) is 11.5 Å². The van der Waals surface area contributed by atoms with Crippen molar-refractivity contribution in [3.8, 4) is 11.5 Å². The quantitative estimate of drug-likeness (QED) is 0.606. The number of amides is 1. The lowest BCUT2D eigenvalue weighted by Gasteiger charge is -2.28. The molecule has 0 heterocycles. The van der Waals surface area contributed by atoms with E-state index in [-0.39, 0.29) is 23.7 Å². The van der Waals surface area contributed by atoms with Gasteiger partial charge in [0.1, 0.15) is 11.5 Å². The molecule has 0 aromatic heterocycles. The van der Waals surface area contributed by atoms with E-state index in [4.69, 9.17) is 0 Å². The van der Waals surface area contributed by atoms with Gasteiger partial charge in [-0.05, 0) is 31.0 Å². The van der Waals surface area contributed by atoms with Gasteiger partial charge < -0.3 is 20.6 Å². The first-order chi connectivity index (χ1) is 8.56. The summed E-state index contributed by atoms with van der Waals surface area (Å²) in [6.07, 6.45) is 3.39. The van der Waals surface area contributed by atoms with E-state index in [9.17, 15) is 20.1 Å². The molecular formula is C13H17NO4. The molecule has 1 aromatic carbocycles. The molecule has 2 rings (SSSR count). The van der Waals surface area contributed by atoms with E-state index < -0.39 is 11.4 Å². The molecule has 5 heteroatoms. The highest BCUT2D eigenvalue weighted by Gasteiger charge is 2.35. The number of carbonyl (C=O) groups is 1. The van der Waals surface area contributed by atoms with E-state index >= 15 is 0 Å². The summed E-state index contributed by atoms with van der Waals surface area (Å²) in [4.78, 5) is 12.0. The Labute approximate surface area is 105 Å². The van der Waals surface area contributed by atoms with Crippen molar-refractivity contribution in [1.29, 1.82) is 0 Å². The highest BCUT2D eigenvalue weighted by atomic mass is 16.3. The molecular weight excluding hydrogens is 234 g/mol. The number of carbonyl (C=O) groups excluding carboxylic acids is 1. The largest absolute Gasteiger partial charge is 0.508 e. The molecule has 1 aromatic rings. The Morgan fingerprint density at radius 2 is 1.94 bits per heavy atom. The summed E-state index contributed by atoms with van der Waals surface area (Å²) in [7, 11) is 0. The van der Waals surface area contributed by atoms with E-state index in [1.165, 1.54) is 18.2 Å². The predicted octanol–water partition coefficient (Wildman–Crippen LogP) is 1.13. The molecule has 0 spiro atoms. The zero-order valence-corrected chi connectivity index (χ0v) is 10.0. The van der Waals surface area contributed by atoms with Crippen molar-refractivity contribution in [1.82, 2.24) is 5.32 Å². The van der Waals surface area contributed by atoms with Gasteiger partial charge in [-0.2, -0.15) is 0 Å². The van der Waals surface area contributed by atoms with E-state index in [0.717, 1.165) is 25.7 Å². The van der Waals surface area contributed by atoms with Gasteiger partial charge >= 0.3 is 0 Å². The predicted molar refractivity (Wildman–Crippen MR) is 65.5 cm³/mol. The summed E-state index contributed by atoms with van der Waals surface area (Å²) in [6.45, 7) is -0.113. The normalized spacial score (nSPS) is 17.6. The standard InChI is InChI=1S/C13H17NO4/c15-8-13(5-1-2-6-13)14-12(18)10-7-9(16)3-4-11(10)17/h3-4,7,15-17H,1-2,5-6,8H2,(H,14,18). The number of aromatic hydroxyl groups is 2. The molecule has 1 amide bonds. The second-order valence-electron chi connectivity index (χ2n) is 4.80. The third-order valence-electron chi connectivity index (χ3n) is 3.47. The molecule has 1 saturated carbocycles. The van der Waals surface area contributed by atoms with Crippen LogP contribution in [0, 0.1) is 0 Å². The number of phenolic OH excluding ortho intramolecular Hbond substituents is 2. The molecule has 0 unspecified atom stereocenters. The number of aliphatic hydroxyl groups excluding tert-OH is 1. The number of rotatable bonds is 3. The molecule has 1 aliphatic carbocycles. The van der Waals surface area contributed by atoms with Crippen molar-refractivity contribution in [2.45, 2.75) is 31.2 Å².